The van der Waals surface area contributed by atoms with Gasteiger partial charge in [-0.2, -0.15) is 4.98 Å². The van der Waals surface area contributed by atoms with Crippen LogP contribution in [0.4, 0.5) is 5.69 Å². The highest BCUT2D eigenvalue weighted by Gasteiger charge is 2.10. The highest BCUT2D eigenvalue weighted by atomic mass is 32.1. The molecular formula is C19H15N3O2S. The van der Waals surface area contributed by atoms with Crippen molar-refractivity contribution in [2.24, 2.45) is 0 Å². The minimum Gasteiger partial charge on any atom is -0.378 e. The number of rotatable bonds is 2. The molecule has 4 rings (SSSR count). The highest BCUT2D eigenvalue weighted by molar-refractivity contribution is 7.15. The van der Waals surface area contributed by atoms with E-state index in [1.54, 1.807) is 18.2 Å². The average Bonchev–Trinajstić information content (AvgIpc) is 2.91. The van der Waals surface area contributed by atoms with E-state index in [1.807, 2.05) is 55.4 Å². The molecule has 0 spiro atoms. The lowest BCUT2D eigenvalue weighted by molar-refractivity contribution is 1.12. The van der Waals surface area contributed by atoms with Crippen molar-refractivity contribution in [1.29, 1.82) is 0 Å². The van der Waals surface area contributed by atoms with Gasteiger partial charge < -0.3 is 4.90 Å². The first-order valence-corrected chi connectivity index (χ1v) is 8.60. The Kier molecular flexibility index (Phi) is 3.62. The summed E-state index contributed by atoms with van der Waals surface area (Å²) in [7, 11) is 3.96. The van der Waals surface area contributed by atoms with Gasteiger partial charge in [0.1, 0.15) is 0 Å². The number of nitrogens with zero attached hydrogens (tertiary/aromatic N) is 3. The molecule has 25 heavy (non-hydrogen) atoms. The van der Waals surface area contributed by atoms with Crippen LogP contribution < -0.4 is 20.6 Å². The number of para-hydroxylation sites is 1. The van der Waals surface area contributed by atoms with E-state index in [-0.39, 0.29) is 11.1 Å². The van der Waals surface area contributed by atoms with Gasteiger partial charge >= 0.3 is 0 Å². The number of thiazole rings is 1. The molecule has 2 heterocycles. The Balaban J connectivity index is 1.97. The number of hydrogen-bond donors (Lipinski definition) is 0. The first kappa shape index (κ1) is 15.5. The van der Waals surface area contributed by atoms with Crippen LogP contribution in [0.15, 0.2) is 58.1 Å². The summed E-state index contributed by atoms with van der Waals surface area (Å²) in [6.45, 7) is 0. The van der Waals surface area contributed by atoms with Crippen LogP contribution >= 0.6 is 11.3 Å². The van der Waals surface area contributed by atoms with Crippen molar-refractivity contribution in [2.75, 3.05) is 19.0 Å². The van der Waals surface area contributed by atoms with Crippen LogP contribution in [0.3, 0.4) is 0 Å². The number of anilines is 1. The third-order valence-corrected chi connectivity index (χ3v) is 5.06. The normalized spacial score (nSPS) is 12.2. The summed E-state index contributed by atoms with van der Waals surface area (Å²) in [5, 5.41) is 0.455. The van der Waals surface area contributed by atoms with Crippen LogP contribution in [0.5, 0.6) is 0 Å². The predicted octanol–water partition coefficient (Wildman–Crippen LogP) is 1.88. The van der Waals surface area contributed by atoms with Crippen molar-refractivity contribution in [3.8, 4) is 0 Å². The topological polar surface area (TPSA) is 54.7 Å². The summed E-state index contributed by atoms with van der Waals surface area (Å²) in [5.74, 6) is 0. The third kappa shape index (κ3) is 2.60. The third-order valence-electron chi connectivity index (χ3n) is 4.09. The maximum Gasteiger partial charge on any atom is 0.281 e. The second-order valence-electron chi connectivity index (χ2n) is 5.95. The molecule has 0 aliphatic heterocycles. The lowest BCUT2D eigenvalue weighted by Crippen LogP contribution is -2.24. The second-order valence-corrected chi connectivity index (χ2v) is 6.96. The molecule has 0 saturated carbocycles. The number of hydrogen-bond acceptors (Lipinski definition) is 5. The van der Waals surface area contributed by atoms with E-state index in [9.17, 15) is 9.59 Å². The molecule has 4 aromatic rings. The van der Waals surface area contributed by atoms with Crippen LogP contribution in [0, 0.1) is 0 Å². The SMILES string of the molecule is CN(C)c1ccc(/C=c2\sc3nc(=O)c4ccccc4n3c2=O)cc1. The number of benzene rings is 2. The van der Waals surface area contributed by atoms with E-state index in [4.69, 9.17) is 0 Å². The molecule has 0 aliphatic rings. The van der Waals surface area contributed by atoms with Crippen LogP contribution in [0.2, 0.25) is 0 Å². The van der Waals surface area contributed by atoms with Crippen LogP contribution in [-0.2, 0) is 0 Å². The Morgan fingerprint density at radius 3 is 2.48 bits per heavy atom. The zero-order chi connectivity index (χ0) is 17.6. The molecule has 0 amide bonds. The lowest BCUT2D eigenvalue weighted by atomic mass is 10.2. The van der Waals surface area contributed by atoms with E-state index < -0.39 is 0 Å². The minimum absolute atomic E-state index is 0.152. The maximum atomic E-state index is 12.8. The van der Waals surface area contributed by atoms with Crippen molar-refractivity contribution >= 4 is 39.0 Å². The molecule has 0 radical (unpaired) electrons. The largest absolute Gasteiger partial charge is 0.378 e. The van der Waals surface area contributed by atoms with Gasteiger partial charge in [0, 0.05) is 19.8 Å². The van der Waals surface area contributed by atoms with Crippen molar-refractivity contribution in [3.05, 3.63) is 79.3 Å². The van der Waals surface area contributed by atoms with Gasteiger partial charge in [-0.1, -0.05) is 35.6 Å². The van der Waals surface area contributed by atoms with Crippen molar-refractivity contribution in [2.45, 2.75) is 0 Å². The molecule has 2 aromatic carbocycles. The highest BCUT2D eigenvalue weighted by Crippen LogP contribution is 2.13. The van der Waals surface area contributed by atoms with E-state index in [2.05, 4.69) is 4.98 Å². The molecule has 2 aromatic heterocycles. The van der Waals surface area contributed by atoms with Gasteiger partial charge in [0.25, 0.3) is 11.1 Å². The van der Waals surface area contributed by atoms with Gasteiger partial charge in [-0.05, 0) is 35.9 Å². The fourth-order valence-electron chi connectivity index (χ4n) is 2.78. The van der Waals surface area contributed by atoms with Crippen LogP contribution in [0.1, 0.15) is 5.56 Å². The summed E-state index contributed by atoms with van der Waals surface area (Å²) in [5.41, 5.74) is 2.16. The Morgan fingerprint density at radius 2 is 1.76 bits per heavy atom. The Labute approximate surface area is 147 Å². The van der Waals surface area contributed by atoms with Gasteiger partial charge in [-0.25, -0.2) is 0 Å². The van der Waals surface area contributed by atoms with E-state index in [0.717, 1.165) is 11.3 Å². The zero-order valence-corrected chi connectivity index (χ0v) is 14.6. The fourth-order valence-corrected chi connectivity index (χ4v) is 3.75. The summed E-state index contributed by atoms with van der Waals surface area (Å²) >= 11 is 1.23. The van der Waals surface area contributed by atoms with Gasteiger partial charge in [0.05, 0.1) is 15.4 Å². The monoisotopic (exact) mass is 349 g/mol. The molecule has 0 aliphatic carbocycles. The molecule has 6 heteroatoms. The first-order chi connectivity index (χ1) is 12.0. The Morgan fingerprint density at radius 1 is 1.04 bits per heavy atom. The molecular weight excluding hydrogens is 334 g/mol. The summed E-state index contributed by atoms with van der Waals surface area (Å²) in [6.07, 6.45) is 1.83. The van der Waals surface area contributed by atoms with Crippen LogP contribution in [0.25, 0.3) is 21.9 Å². The van der Waals surface area contributed by atoms with Gasteiger partial charge in [0.2, 0.25) is 4.96 Å². The molecule has 0 N–H and O–H groups in total. The number of fused-ring (bicyclic) bond motifs is 3. The smallest absolute Gasteiger partial charge is 0.281 e. The summed E-state index contributed by atoms with van der Waals surface area (Å²) in [4.78, 5) is 31.5. The van der Waals surface area contributed by atoms with Crippen molar-refractivity contribution < 1.29 is 0 Å². The van der Waals surface area contributed by atoms with Gasteiger partial charge in [-0.3, -0.25) is 14.0 Å². The Bertz CT molecular complexity index is 1250. The molecule has 0 unspecified atom stereocenters. The molecule has 0 fully saturated rings. The first-order valence-electron chi connectivity index (χ1n) is 7.78. The van der Waals surface area contributed by atoms with Gasteiger partial charge in [0.15, 0.2) is 0 Å². The minimum atomic E-state index is -0.307. The van der Waals surface area contributed by atoms with Crippen molar-refractivity contribution in [3.63, 3.8) is 0 Å². The zero-order valence-electron chi connectivity index (χ0n) is 13.8. The van der Waals surface area contributed by atoms with Gasteiger partial charge in [-0.15, -0.1) is 0 Å². The fraction of sp³-hybridized carbons (Fsp3) is 0.105. The van der Waals surface area contributed by atoms with E-state index >= 15 is 0 Å². The molecule has 0 atom stereocenters. The number of aromatic nitrogens is 2. The van der Waals surface area contributed by atoms with Crippen LogP contribution in [-0.4, -0.2) is 23.5 Å². The predicted molar refractivity (Wildman–Crippen MR) is 103 cm³/mol. The molecule has 0 saturated heterocycles. The van der Waals surface area contributed by atoms with E-state index in [0.29, 0.717) is 20.4 Å². The maximum absolute atomic E-state index is 12.8. The second kappa shape index (κ2) is 5.82. The molecule has 5 nitrogen and oxygen atoms in total. The summed E-state index contributed by atoms with van der Waals surface area (Å²) < 4.78 is 2.07. The molecule has 124 valence electrons. The summed E-state index contributed by atoms with van der Waals surface area (Å²) in [6, 6.07) is 15.0. The lowest BCUT2D eigenvalue weighted by Gasteiger charge is -2.11. The molecule has 0 bridgehead atoms. The van der Waals surface area contributed by atoms with Crippen molar-refractivity contribution in [1.82, 2.24) is 9.38 Å². The quantitative estimate of drug-likeness (QED) is 0.555. The Hall–Kier alpha value is -2.99. The van der Waals surface area contributed by atoms with E-state index in [1.165, 1.54) is 15.7 Å². The standard InChI is InChI=1S/C19H15N3O2S/c1-21(2)13-9-7-12(8-10-13)11-16-18(24)22-15-6-4-3-5-14(15)17(23)20-19(22)25-16/h3-11H,1-2H3/b16-11-. The average molecular weight is 349 g/mol.